The molecule has 0 spiro atoms. The van der Waals surface area contributed by atoms with Crippen molar-refractivity contribution in [3.8, 4) is 0 Å². The van der Waals surface area contributed by atoms with E-state index in [1.807, 2.05) is 0 Å². The first-order chi connectivity index (χ1) is 6.43. The van der Waals surface area contributed by atoms with E-state index in [4.69, 9.17) is 0 Å². The van der Waals surface area contributed by atoms with Crippen LogP contribution in [0, 0.1) is 6.92 Å². The second-order valence-electron chi connectivity index (χ2n) is 3.03. The molecule has 0 amide bonds. The van der Waals surface area contributed by atoms with Crippen LogP contribution in [-0.4, -0.2) is 5.78 Å². The Bertz CT molecular complexity index is 375. The fourth-order valence-corrected chi connectivity index (χ4v) is 1.67. The summed E-state index contributed by atoms with van der Waals surface area (Å²) in [4.78, 5) is 11.1. The SMILES string of the molecule is CC(=O)c1cc(C(F)F)cc(Br)c1C. The largest absolute Gasteiger partial charge is 0.295 e. The topological polar surface area (TPSA) is 17.1 Å². The number of ketones is 1. The van der Waals surface area contributed by atoms with Gasteiger partial charge in [-0.2, -0.15) is 0 Å². The van der Waals surface area contributed by atoms with Crippen molar-refractivity contribution in [1.82, 2.24) is 0 Å². The minimum atomic E-state index is -2.55. The van der Waals surface area contributed by atoms with Crippen molar-refractivity contribution in [2.24, 2.45) is 0 Å². The van der Waals surface area contributed by atoms with Crippen LogP contribution >= 0.6 is 15.9 Å². The van der Waals surface area contributed by atoms with Gasteiger partial charge in [0.1, 0.15) is 0 Å². The van der Waals surface area contributed by atoms with Crippen LogP contribution in [0.5, 0.6) is 0 Å². The summed E-state index contributed by atoms with van der Waals surface area (Å²) in [6.07, 6.45) is -2.55. The lowest BCUT2D eigenvalue weighted by molar-refractivity contribution is 0.101. The van der Waals surface area contributed by atoms with Crippen LogP contribution in [0.3, 0.4) is 0 Å². The van der Waals surface area contributed by atoms with Crippen LogP contribution < -0.4 is 0 Å². The van der Waals surface area contributed by atoms with Gasteiger partial charge in [0.2, 0.25) is 0 Å². The summed E-state index contributed by atoms with van der Waals surface area (Å²) in [5.74, 6) is -0.203. The molecule has 0 unspecified atom stereocenters. The van der Waals surface area contributed by atoms with E-state index in [2.05, 4.69) is 15.9 Å². The molecule has 14 heavy (non-hydrogen) atoms. The Hall–Kier alpha value is -0.770. The third kappa shape index (κ3) is 2.18. The number of carbonyl (C=O) groups is 1. The predicted molar refractivity (Wildman–Crippen MR) is 53.8 cm³/mol. The molecule has 0 aromatic heterocycles. The Morgan fingerprint density at radius 1 is 1.43 bits per heavy atom. The molecule has 1 aromatic carbocycles. The summed E-state index contributed by atoms with van der Waals surface area (Å²) in [5.41, 5.74) is 0.907. The van der Waals surface area contributed by atoms with Gasteiger partial charge < -0.3 is 0 Å². The minimum absolute atomic E-state index is 0.132. The quantitative estimate of drug-likeness (QED) is 0.739. The number of benzene rings is 1. The first kappa shape index (κ1) is 11.3. The molecule has 0 saturated heterocycles. The van der Waals surface area contributed by atoms with E-state index in [9.17, 15) is 13.6 Å². The Kier molecular flexibility index (Phi) is 3.37. The van der Waals surface area contributed by atoms with Crippen molar-refractivity contribution in [3.05, 3.63) is 33.3 Å². The summed E-state index contributed by atoms with van der Waals surface area (Å²) < 4.78 is 25.3. The Morgan fingerprint density at radius 3 is 2.43 bits per heavy atom. The molecule has 0 aliphatic heterocycles. The standard InChI is InChI=1S/C10H9BrF2O/c1-5-8(6(2)14)3-7(10(12)13)4-9(5)11/h3-4,10H,1-2H3. The first-order valence-corrected chi connectivity index (χ1v) is 4.82. The lowest BCUT2D eigenvalue weighted by Gasteiger charge is -2.08. The number of hydrogen-bond donors (Lipinski definition) is 0. The van der Waals surface area contributed by atoms with Crippen molar-refractivity contribution in [1.29, 1.82) is 0 Å². The number of halogens is 3. The van der Waals surface area contributed by atoms with Crippen molar-refractivity contribution in [2.45, 2.75) is 20.3 Å². The van der Waals surface area contributed by atoms with Crippen molar-refractivity contribution in [3.63, 3.8) is 0 Å². The second-order valence-corrected chi connectivity index (χ2v) is 3.89. The van der Waals surface area contributed by atoms with Crippen LogP contribution in [-0.2, 0) is 0 Å². The highest BCUT2D eigenvalue weighted by atomic mass is 79.9. The van der Waals surface area contributed by atoms with E-state index < -0.39 is 6.43 Å². The molecule has 0 N–H and O–H groups in total. The number of hydrogen-bond acceptors (Lipinski definition) is 1. The number of carbonyl (C=O) groups excluding carboxylic acids is 1. The van der Waals surface area contributed by atoms with Gasteiger partial charge in [-0.25, -0.2) is 8.78 Å². The second kappa shape index (κ2) is 4.17. The summed E-state index contributed by atoms with van der Waals surface area (Å²) in [5, 5.41) is 0. The van der Waals surface area contributed by atoms with Gasteiger partial charge in [-0.15, -0.1) is 0 Å². The van der Waals surface area contributed by atoms with Gasteiger partial charge >= 0.3 is 0 Å². The lowest BCUT2D eigenvalue weighted by atomic mass is 10.0. The first-order valence-electron chi connectivity index (χ1n) is 4.02. The zero-order valence-corrected chi connectivity index (χ0v) is 9.36. The number of alkyl halides is 2. The molecule has 0 aliphatic carbocycles. The fraction of sp³-hybridized carbons (Fsp3) is 0.300. The van der Waals surface area contributed by atoms with Crippen LogP contribution in [0.1, 0.15) is 34.8 Å². The zero-order chi connectivity index (χ0) is 10.9. The smallest absolute Gasteiger partial charge is 0.263 e. The molecule has 76 valence electrons. The fourth-order valence-electron chi connectivity index (χ4n) is 1.19. The van der Waals surface area contributed by atoms with Gasteiger partial charge in [0.15, 0.2) is 5.78 Å². The van der Waals surface area contributed by atoms with Gasteiger partial charge in [0, 0.05) is 15.6 Å². The van der Waals surface area contributed by atoms with Crippen molar-refractivity contribution in [2.75, 3.05) is 0 Å². The number of Topliss-reactive ketones (excluding diaryl/α,β-unsaturated/α-hetero) is 1. The predicted octanol–water partition coefficient (Wildman–Crippen LogP) is 3.90. The normalized spacial score (nSPS) is 10.7. The minimum Gasteiger partial charge on any atom is -0.295 e. The van der Waals surface area contributed by atoms with Crippen LogP contribution in [0.15, 0.2) is 16.6 Å². The molecule has 1 nitrogen and oxygen atoms in total. The molecule has 0 heterocycles. The highest BCUT2D eigenvalue weighted by Gasteiger charge is 2.14. The maximum Gasteiger partial charge on any atom is 0.263 e. The Morgan fingerprint density at radius 2 is 2.00 bits per heavy atom. The molecule has 0 atom stereocenters. The van der Waals surface area contributed by atoms with Crippen LogP contribution in [0.4, 0.5) is 8.78 Å². The van der Waals surface area contributed by atoms with E-state index in [0.29, 0.717) is 15.6 Å². The van der Waals surface area contributed by atoms with Gasteiger partial charge in [0.25, 0.3) is 6.43 Å². The Balaban J connectivity index is 3.35. The van der Waals surface area contributed by atoms with Crippen molar-refractivity contribution >= 4 is 21.7 Å². The molecule has 0 fully saturated rings. The molecule has 1 aromatic rings. The molecule has 0 aliphatic rings. The average Bonchev–Trinajstić information content (AvgIpc) is 2.08. The molecule has 0 bridgehead atoms. The third-order valence-electron chi connectivity index (χ3n) is 2.00. The van der Waals surface area contributed by atoms with E-state index in [-0.39, 0.29) is 11.3 Å². The summed E-state index contributed by atoms with van der Waals surface area (Å²) in [6, 6.07) is 2.58. The van der Waals surface area contributed by atoms with E-state index >= 15 is 0 Å². The van der Waals surface area contributed by atoms with E-state index in [1.165, 1.54) is 19.1 Å². The highest BCUT2D eigenvalue weighted by molar-refractivity contribution is 9.10. The molecular formula is C10H9BrF2O. The van der Waals surface area contributed by atoms with Crippen molar-refractivity contribution < 1.29 is 13.6 Å². The molecule has 1 rings (SSSR count). The van der Waals surface area contributed by atoms with E-state index in [1.54, 1.807) is 6.92 Å². The lowest BCUT2D eigenvalue weighted by Crippen LogP contribution is -1.99. The molecule has 0 saturated carbocycles. The summed E-state index contributed by atoms with van der Waals surface area (Å²) in [6.45, 7) is 3.08. The van der Waals surface area contributed by atoms with Crippen LogP contribution in [0.2, 0.25) is 0 Å². The van der Waals surface area contributed by atoms with Gasteiger partial charge in [-0.3, -0.25) is 4.79 Å². The summed E-state index contributed by atoms with van der Waals surface area (Å²) in [7, 11) is 0. The van der Waals surface area contributed by atoms with Gasteiger partial charge in [-0.1, -0.05) is 15.9 Å². The molecular weight excluding hydrogens is 254 g/mol. The van der Waals surface area contributed by atoms with Gasteiger partial charge in [-0.05, 0) is 31.5 Å². The Labute approximate surface area is 89.3 Å². The maximum atomic E-state index is 12.4. The monoisotopic (exact) mass is 262 g/mol. The van der Waals surface area contributed by atoms with Gasteiger partial charge in [0.05, 0.1) is 0 Å². The summed E-state index contributed by atoms with van der Waals surface area (Å²) >= 11 is 3.15. The zero-order valence-electron chi connectivity index (χ0n) is 7.77. The number of rotatable bonds is 2. The van der Waals surface area contributed by atoms with E-state index in [0.717, 1.165) is 0 Å². The molecule has 4 heteroatoms. The maximum absolute atomic E-state index is 12.4. The highest BCUT2D eigenvalue weighted by Crippen LogP contribution is 2.28. The average molecular weight is 263 g/mol. The third-order valence-corrected chi connectivity index (χ3v) is 2.82. The molecule has 0 radical (unpaired) electrons. The van der Waals surface area contributed by atoms with Crippen LogP contribution in [0.25, 0.3) is 0 Å².